The van der Waals surface area contributed by atoms with Crippen molar-refractivity contribution in [3.8, 4) is 0 Å². The van der Waals surface area contributed by atoms with Gasteiger partial charge in [-0.05, 0) is 30.0 Å². The second kappa shape index (κ2) is 4.80. The topological polar surface area (TPSA) is 12.0 Å². The van der Waals surface area contributed by atoms with Gasteiger partial charge in [-0.15, -0.1) is 0 Å². The molecule has 1 rings (SSSR count). The molecule has 1 nitrogen and oxygen atoms in total. The maximum Gasteiger partial charge on any atom is 0.0369 e. The van der Waals surface area contributed by atoms with Gasteiger partial charge in [-0.25, -0.2) is 0 Å². The number of hydrogen-bond donors (Lipinski definition) is 1. The molecule has 1 atom stereocenters. The van der Waals surface area contributed by atoms with E-state index in [0.717, 1.165) is 6.42 Å². The highest BCUT2D eigenvalue weighted by atomic mass is 14.9. The quantitative estimate of drug-likeness (QED) is 0.795. The Kier molecular flexibility index (Phi) is 3.92. The SMILES string of the molecule is CCc1ccccc1C(NC)C(C)(C)C. The first-order chi connectivity index (χ1) is 7.00. The first kappa shape index (κ1) is 12.3. The van der Waals surface area contributed by atoms with Crippen LogP contribution in [0.25, 0.3) is 0 Å². The Bertz CT molecular complexity index is 309. The van der Waals surface area contributed by atoms with E-state index in [-0.39, 0.29) is 5.41 Å². The van der Waals surface area contributed by atoms with Crippen LogP contribution in [0.2, 0.25) is 0 Å². The van der Waals surface area contributed by atoms with E-state index in [9.17, 15) is 0 Å². The Balaban J connectivity index is 3.12. The van der Waals surface area contributed by atoms with Gasteiger partial charge in [0.15, 0.2) is 0 Å². The lowest BCUT2D eigenvalue weighted by Crippen LogP contribution is -2.30. The molecule has 0 aliphatic heterocycles. The number of rotatable bonds is 3. The van der Waals surface area contributed by atoms with E-state index in [1.807, 2.05) is 7.05 Å². The predicted octanol–water partition coefficient (Wildman–Crippen LogP) is 3.56. The summed E-state index contributed by atoms with van der Waals surface area (Å²) in [7, 11) is 2.04. The smallest absolute Gasteiger partial charge is 0.0369 e. The molecule has 1 unspecified atom stereocenters. The highest BCUT2D eigenvalue weighted by Crippen LogP contribution is 2.34. The minimum Gasteiger partial charge on any atom is -0.313 e. The Morgan fingerprint density at radius 2 is 1.80 bits per heavy atom. The molecule has 0 fully saturated rings. The monoisotopic (exact) mass is 205 g/mol. The molecular formula is C14H23N. The minimum absolute atomic E-state index is 0.250. The van der Waals surface area contributed by atoms with Crippen LogP contribution in [0.15, 0.2) is 24.3 Å². The fraction of sp³-hybridized carbons (Fsp3) is 0.571. The van der Waals surface area contributed by atoms with Crippen LogP contribution >= 0.6 is 0 Å². The van der Waals surface area contributed by atoms with Gasteiger partial charge >= 0.3 is 0 Å². The number of hydrogen-bond acceptors (Lipinski definition) is 1. The molecule has 1 heteroatoms. The summed E-state index contributed by atoms with van der Waals surface area (Å²) < 4.78 is 0. The molecule has 0 aliphatic carbocycles. The summed E-state index contributed by atoms with van der Waals surface area (Å²) in [4.78, 5) is 0. The molecule has 1 N–H and O–H groups in total. The molecule has 1 aromatic carbocycles. The fourth-order valence-corrected chi connectivity index (χ4v) is 2.19. The Hall–Kier alpha value is -0.820. The van der Waals surface area contributed by atoms with Gasteiger partial charge in [-0.1, -0.05) is 52.0 Å². The van der Waals surface area contributed by atoms with E-state index >= 15 is 0 Å². The van der Waals surface area contributed by atoms with E-state index in [1.54, 1.807) is 0 Å². The minimum atomic E-state index is 0.250. The summed E-state index contributed by atoms with van der Waals surface area (Å²) in [5, 5.41) is 3.43. The summed E-state index contributed by atoms with van der Waals surface area (Å²) in [6.45, 7) is 9.05. The van der Waals surface area contributed by atoms with Gasteiger partial charge in [0.25, 0.3) is 0 Å². The van der Waals surface area contributed by atoms with Gasteiger partial charge in [-0.2, -0.15) is 0 Å². The maximum absolute atomic E-state index is 3.43. The van der Waals surface area contributed by atoms with Crippen LogP contribution in [0.1, 0.15) is 44.9 Å². The van der Waals surface area contributed by atoms with Gasteiger partial charge in [0.05, 0.1) is 0 Å². The zero-order chi connectivity index (χ0) is 11.5. The fourth-order valence-electron chi connectivity index (χ4n) is 2.19. The molecule has 15 heavy (non-hydrogen) atoms. The normalized spacial score (nSPS) is 13.9. The van der Waals surface area contributed by atoms with Crippen LogP contribution < -0.4 is 5.32 Å². The Morgan fingerprint density at radius 3 is 2.27 bits per heavy atom. The number of benzene rings is 1. The third-order valence-corrected chi connectivity index (χ3v) is 2.90. The lowest BCUT2D eigenvalue weighted by atomic mass is 9.80. The van der Waals surface area contributed by atoms with Crippen molar-refractivity contribution in [2.24, 2.45) is 5.41 Å². The van der Waals surface area contributed by atoms with Crippen molar-refractivity contribution in [2.75, 3.05) is 7.05 Å². The highest BCUT2D eigenvalue weighted by Gasteiger charge is 2.25. The largest absolute Gasteiger partial charge is 0.313 e. The van der Waals surface area contributed by atoms with Crippen LogP contribution in [0.3, 0.4) is 0 Å². The van der Waals surface area contributed by atoms with Crippen LogP contribution in [-0.2, 0) is 6.42 Å². The maximum atomic E-state index is 3.43. The van der Waals surface area contributed by atoms with Crippen LogP contribution in [0.4, 0.5) is 0 Å². The average molecular weight is 205 g/mol. The highest BCUT2D eigenvalue weighted by molar-refractivity contribution is 5.31. The lowest BCUT2D eigenvalue weighted by molar-refractivity contribution is 0.286. The van der Waals surface area contributed by atoms with E-state index in [0.29, 0.717) is 6.04 Å². The molecule has 0 amide bonds. The standard InChI is InChI=1S/C14H23N/c1-6-11-9-7-8-10-12(11)13(15-5)14(2,3)4/h7-10,13,15H,6H2,1-5H3. The number of aryl methyl sites for hydroxylation is 1. The van der Waals surface area contributed by atoms with Crippen molar-refractivity contribution in [1.82, 2.24) is 5.32 Å². The number of nitrogens with one attached hydrogen (secondary N) is 1. The lowest BCUT2D eigenvalue weighted by Gasteiger charge is -2.32. The summed E-state index contributed by atoms with van der Waals surface area (Å²) in [6.07, 6.45) is 1.10. The second-order valence-electron chi connectivity index (χ2n) is 5.14. The van der Waals surface area contributed by atoms with Gasteiger partial charge in [0.2, 0.25) is 0 Å². The predicted molar refractivity (Wildman–Crippen MR) is 67.1 cm³/mol. The average Bonchev–Trinajstić information content (AvgIpc) is 2.17. The van der Waals surface area contributed by atoms with E-state index in [4.69, 9.17) is 0 Å². The molecule has 84 valence electrons. The zero-order valence-corrected chi connectivity index (χ0v) is 10.6. The van der Waals surface area contributed by atoms with Gasteiger partial charge < -0.3 is 5.32 Å². The third-order valence-electron chi connectivity index (χ3n) is 2.90. The van der Waals surface area contributed by atoms with Gasteiger partial charge in [0, 0.05) is 6.04 Å². The Labute approximate surface area is 93.9 Å². The molecule has 0 saturated heterocycles. The molecule has 0 heterocycles. The van der Waals surface area contributed by atoms with Crippen LogP contribution in [-0.4, -0.2) is 7.05 Å². The molecule has 0 aliphatic rings. The van der Waals surface area contributed by atoms with Crippen molar-refractivity contribution in [1.29, 1.82) is 0 Å². The first-order valence-corrected chi connectivity index (χ1v) is 5.75. The first-order valence-electron chi connectivity index (χ1n) is 5.75. The van der Waals surface area contributed by atoms with Crippen molar-refractivity contribution >= 4 is 0 Å². The third kappa shape index (κ3) is 2.82. The van der Waals surface area contributed by atoms with Gasteiger partial charge in [0.1, 0.15) is 0 Å². The summed E-state index contributed by atoms with van der Waals surface area (Å²) in [5.74, 6) is 0. The summed E-state index contributed by atoms with van der Waals surface area (Å²) in [6, 6.07) is 9.15. The molecule has 0 saturated carbocycles. The molecule has 1 aromatic rings. The summed E-state index contributed by atoms with van der Waals surface area (Å²) in [5.41, 5.74) is 3.14. The van der Waals surface area contributed by atoms with Crippen molar-refractivity contribution in [2.45, 2.75) is 40.2 Å². The van der Waals surface area contributed by atoms with Crippen LogP contribution in [0.5, 0.6) is 0 Å². The molecular weight excluding hydrogens is 182 g/mol. The van der Waals surface area contributed by atoms with Crippen LogP contribution in [0, 0.1) is 5.41 Å². The molecule has 0 spiro atoms. The zero-order valence-electron chi connectivity index (χ0n) is 10.6. The Morgan fingerprint density at radius 1 is 1.20 bits per heavy atom. The second-order valence-corrected chi connectivity index (χ2v) is 5.14. The van der Waals surface area contributed by atoms with E-state index < -0.39 is 0 Å². The van der Waals surface area contributed by atoms with E-state index in [2.05, 4.69) is 57.3 Å². The molecule has 0 bridgehead atoms. The molecule has 0 radical (unpaired) electrons. The van der Waals surface area contributed by atoms with Crippen molar-refractivity contribution in [3.05, 3.63) is 35.4 Å². The van der Waals surface area contributed by atoms with Crippen molar-refractivity contribution in [3.63, 3.8) is 0 Å². The summed E-state index contributed by atoms with van der Waals surface area (Å²) >= 11 is 0. The van der Waals surface area contributed by atoms with Crippen molar-refractivity contribution < 1.29 is 0 Å². The van der Waals surface area contributed by atoms with E-state index in [1.165, 1.54) is 11.1 Å². The molecule has 0 aromatic heterocycles. The van der Waals surface area contributed by atoms with Gasteiger partial charge in [-0.3, -0.25) is 0 Å².